The van der Waals surface area contributed by atoms with Crippen molar-refractivity contribution >= 4 is 0 Å². The Kier molecular flexibility index (Phi) is 3.01. The van der Waals surface area contributed by atoms with E-state index >= 15 is 0 Å². The standard InChI is InChI=1S/C11H20N2/c12-7-3-4-10-6-9-13-8-2-1-5-11(10)13/h4,11H,1-3,5-9,12H2/b10-4-. The van der Waals surface area contributed by atoms with Crippen molar-refractivity contribution in [1.29, 1.82) is 0 Å². The molecule has 0 spiro atoms. The predicted octanol–water partition coefficient (Wildman–Crippen LogP) is 1.52. The van der Waals surface area contributed by atoms with Gasteiger partial charge in [0.15, 0.2) is 0 Å². The van der Waals surface area contributed by atoms with Gasteiger partial charge < -0.3 is 5.73 Å². The maximum Gasteiger partial charge on any atom is 0.0308 e. The lowest BCUT2D eigenvalue weighted by Gasteiger charge is -2.29. The summed E-state index contributed by atoms with van der Waals surface area (Å²) in [6.45, 7) is 3.42. The SMILES string of the molecule is NCC/C=C1/CCN2CCCCC12. The molecule has 1 atom stereocenters. The van der Waals surface area contributed by atoms with Crippen LogP contribution in [0.1, 0.15) is 32.1 Å². The van der Waals surface area contributed by atoms with E-state index in [0.717, 1.165) is 19.0 Å². The van der Waals surface area contributed by atoms with Crippen molar-refractivity contribution in [2.75, 3.05) is 19.6 Å². The summed E-state index contributed by atoms with van der Waals surface area (Å²) >= 11 is 0. The van der Waals surface area contributed by atoms with Crippen LogP contribution in [0.2, 0.25) is 0 Å². The molecule has 2 nitrogen and oxygen atoms in total. The molecule has 2 N–H and O–H groups in total. The highest BCUT2D eigenvalue weighted by molar-refractivity contribution is 5.17. The fourth-order valence-corrected chi connectivity index (χ4v) is 2.62. The van der Waals surface area contributed by atoms with Crippen molar-refractivity contribution in [3.8, 4) is 0 Å². The summed E-state index contributed by atoms with van der Waals surface area (Å²) in [6.07, 6.45) is 8.96. The molecule has 0 saturated carbocycles. The van der Waals surface area contributed by atoms with Gasteiger partial charge in [0.1, 0.15) is 0 Å². The van der Waals surface area contributed by atoms with E-state index in [1.807, 2.05) is 0 Å². The molecule has 74 valence electrons. The van der Waals surface area contributed by atoms with Crippen LogP contribution in [0.15, 0.2) is 11.6 Å². The highest BCUT2D eigenvalue weighted by atomic mass is 15.2. The normalized spacial score (nSPS) is 32.4. The third-order valence-corrected chi connectivity index (χ3v) is 3.30. The molecule has 0 aromatic rings. The van der Waals surface area contributed by atoms with Gasteiger partial charge in [0.2, 0.25) is 0 Å². The molecule has 2 aliphatic heterocycles. The van der Waals surface area contributed by atoms with Crippen LogP contribution in [0.5, 0.6) is 0 Å². The number of nitrogens with two attached hydrogens (primary N) is 1. The Morgan fingerprint density at radius 2 is 2.31 bits per heavy atom. The summed E-state index contributed by atoms with van der Waals surface area (Å²) in [4.78, 5) is 2.64. The Morgan fingerprint density at radius 3 is 3.15 bits per heavy atom. The molecule has 2 fully saturated rings. The molecule has 0 radical (unpaired) electrons. The van der Waals surface area contributed by atoms with Crippen LogP contribution in [0.3, 0.4) is 0 Å². The van der Waals surface area contributed by atoms with Crippen LogP contribution in [0.25, 0.3) is 0 Å². The molecule has 0 amide bonds. The van der Waals surface area contributed by atoms with Crippen LogP contribution >= 0.6 is 0 Å². The molecule has 2 heteroatoms. The van der Waals surface area contributed by atoms with E-state index < -0.39 is 0 Å². The fourth-order valence-electron chi connectivity index (χ4n) is 2.62. The van der Waals surface area contributed by atoms with Crippen LogP contribution in [-0.2, 0) is 0 Å². The van der Waals surface area contributed by atoms with Crippen molar-refractivity contribution in [2.24, 2.45) is 5.73 Å². The van der Waals surface area contributed by atoms with Crippen molar-refractivity contribution < 1.29 is 0 Å². The van der Waals surface area contributed by atoms with E-state index in [0.29, 0.717) is 0 Å². The fraction of sp³-hybridized carbons (Fsp3) is 0.818. The summed E-state index contributed by atoms with van der Waals surface area (Å²) in [7, 11) is 0. The molecule has 13 heavy (non-hydrogen) atoms. The number of hydrogen-bond acceptors (Lipinski definition) is 2. The van der Waals surface area contributed by atoms with Gasteiger partial charge in [-0.15, -0.1) is 0 Å². The third kappa shape index (κ3) is 1.94. The van der Waals surface area contributed by atoms with Crippen molar-refractivity contribution in [3.63, 3.8) is 0 Å². The van der Waals surface area contributed by atoms with E-state index in [9.17, 15) is 0 Å². The van der Waals surface area contributed by atoms with Crippen LogP contribution in [-0.4, -0.2) is 30.6 Å². The number of piperidine rings is 1. The smallest absolute Gasteiger partial charge is 0.0308 e. The van der Waals surface area contributed by atoms with Gasteiger partial charge in [-0.25, -0.2) is 0 Å². The molecule has 0 aromatic carbocycles. The minimum absolute atomic E-state index is 0.792. The lowest BCUT2D eigenvalue weighted by molar-refractivity contribution is 0.213. The number of nitrogens with zero attached hydrogens (tertiary/aromatic N) is 1. The molecule has 2 saturated heterocycles. The summed E-state index contributed by atoms with van der Waals surface area (Å²) in [6, 6.07) is 0.792. The second-order valence-corrected chi connectivity index (χ2v) is 4.15. The van der Waals surface area contributed by atoms with Crippen LogP contribution in [0.4, 0.5) is 0 Å². The highest BCUT2D eigenvalue weighted by Crippen LogP contribution is 2.31. The third-order valence-electron chi connectivity index (χ3n) is 3.30. The quantitative estimate of drug-likeness (QED) is 0.653. The average Bonchev–Trinajstić information content (AvgIpc) is 2.58. The Balaban J connectivity index is 1.98. The van der Waals surface area contributed by atoms with Gasteiger partial charge in [-0.2, -0.15) is 0 Å². The molecule has 2 heterocycles. The minimum Gasteiger partial charge on any atom is -0.330 e. The predicted molar refractivity (Wildman–Crippen MR) is 55.6 cm³/mol. The molecule has 2 aliphatic rings. The van der Waals surface area contributed by atoms with Crippen molar-refractivity contribution in [3.05, 3.63) is 11.6 Å². The summed E-state index contributed by atoms with van der Waals surface area (Å²) < 4.78 is 0. The molecular weight excluding hydrogens is 160 g/mol. The van der Waals surface area contributed by atoms with Gasteiger partial charge in [-0.05, 0) is 38.8 Å². The average molecular weight is 180 g/mol. The Morgan fingerprint density at radius 1 is 1.38 bits per heavy atom. The molecule has 1 unspecified atom stereocenters. The Hall–Kier alpha value is -0.340. The zero-order chi connectivity index (χ0) is 9.10. The second kappa shape index (κ2) is 4.25. The van der Waals surface area contributed by atoms with E-state index in [-0.39, 0.29) is 0 Å². The Labute approximate surface area is 80.8 Å². The second-order valence-electron chi connectivity index (χ2n) is 4.15. The number of hydrogen-bond donors (Lipinski definition) is 1. The molecule has 2 rings (SSSR count). The zero-order valence-electron chi connectivity index (χ0n) is 8.34. The Bertz CT molecular complexity index is 198. The zero-order valence-corrected chi connectivity index (χ0v) is 8.34. The van der Waals surface area contributed by atoms with E-state index in [4.69, 9.17) is 5.73 Å². The maximum absolute atomic E-state index is 5.52. The summed E-state index contributed by atoms with van der Waals surface area (Å²) in [5.74, 6) is 0. The molecular formula is C11H20N2. The van der Waals surface area contributed by atoms with Gasteiger partial charge in [0, 0.05) is 12.6 Å². The van der Waals surface area contributed by atoms with E-state index in [2.05, 4.69) is 11.0 Å². The first kappa shape index (κ1) is 9.22. The van der Waals surface area contributed by atoms with Crippen LogP contribution < -0.4 is 5.73 Å². The minimum atomic E-state index is 0.792. The van der Waals surface area contributed by atoms with Gasteiger partial charge in [-0.3, -0.25) is 4.90 Å². The first-order valence-corrected chi connectivity index (χ1v) is 5.55. The van der Waals surface area contributed by atoms with Crippen LogP contribution in [0, 0.1) is 0 Å². The number of fused-ring (bicyclic) bond motifs is 1. The van der Waals surface area contributed by atoms with Crippen molar-refractivity contribution in [2.45, 2.75) is 38.1 Å². The van der Waals surface area contributed by atoms with E-state index in [1.165, 1.54) is 38.8 Å². The van der Waals surface area contributed by atoms with Gasteiger partial charge in [-0.1, -0.05) is 18.1 Å². The topological polar surface area (TPSA) is 29.3 Å². The summed E-state index contributed by atoms with van der Waals surface area (Å²) in [5.41, 5.74) is 7.19. The molecule has 0 bridgehead atoms. The summed E-state index contributed by atoms with van der Waals surface area (Å²) in [5, 5.41) is 0. The number of rotatable bonds is 2. The monoisotopic (exact) mass is 180 g/mol. The maximum atomic E-state index is 5.52. The van der Waals surface area contributed by atoms with Gasteiger partial charge >= 0.3 is 0 Å². The largest absolute Gasteiger partial charge is 0.330 e. The lowest BCUT2D eigenvalue weighted by atomic mass is 9.98. The van der Waals surface area contributed by atoms with Gasteiger partial charge in [0.25, 0.3) is 0 Å². The first-order valence-electron chi connectivity index (χ1n) is 5.55. The van der Waals surface area contributed by atoms with Gasteiger partial charge in [0.05, 0.1) is 0 Å². The first-order chi connectivity index (χ1) is 6.42. The lowest BCUT2D eigenvalue weighted by Crippen LogP contribution is -2.34. The molecule has 0 aromatic heterocycles. The molecule has 0 aliphatic carbocycles. The highest BCUT2D eigenvalue weighted by Gasteiger charge is 2.30. The van der Waals surface area contributed by atoms with E-state index in [1.54, 1.807) is 5.57 Å². The van der Waals surface area contributed by atoms with Crippen molar-refractivity contribution in [1.82, 2.24) is 4.90 Å².